The Balaban J connectivity index is 1.79. The maximum Gasteiger partial charge on any atom is 0.225 e. The Bertz CT molecular complexity index is 906. The fraction of sp³-hybridized carbons (Fsp3) is 0.391. The average molecular weight is 397 g/mol. The van der Waals surface area contributed by atoms with Gasteiger partial charge in [0.15, 0.2) is 17.3 Å². The Labute approximate surface area is 171 Å². The van der Waals surface area contributed by atoms with Crippen molar-refractivity contribution in [1.82, 2.24) is 5.32 Å². The molecule has 1 heterocycles. The van der Waals surface area contributed by atoms with Crippen LogP contribution in [0, 0.1) is 5.92 Å². The van der Waals surface area contributed by atoms with Crippen LogP contribution in [-0.2, 0) is 11.2 Å². The van der Waals surface area contributed by atoms with E-state index in [4.69, 9.17) is 14.2 Å². The van der Waals surface area contributed by atoms with Crippen LogP contribution < -0.4 is 19.5 Å². The van der Waals surface area contributed by atoms with Crippen molar-refractivity contribution in [2.45, 2.75) is 33.2 Å². The van der Waals surface area contributed by atoms with Crippen LogP contribution in [0.1, 0.15) is 48.3 Å². The first-order valence-electron chi connectivity index (χ1n) is 9.75. The van der Waals surface area contributed by atoms with Gasteiger partial charge in [0.05, 0.1) is 19.6 Å². The van der Waals surface area contributed by atoms with Crippen LogP contribution in [-0.4, -0.2) is 32.0 Å². The first kappa shape index (κ1) is 20.7. The molecule has 2 aromatic rings. The van der Waals surface area contributed by atoms with E-state index in [0.717, 1.165) is 11.3 Å². The third-order valence-corrected chi connectivity index (χ3v) is 4.95. The zero-order chi connectivity index (χ0) is 21.0. The molecule has 0 fully saturated rings. The van der Waals surface area contributed by atoms with Crippen molar-refractivity contribution >= 4 is 11.7 Å². The lowest BCUT2D eigenvalue weighted by Gasteiger charge is -2.25. The Hall–Kier alpha value is -3.02. The summed E-state index contributed by atoms with van der Waals surface area (Å²) >= 11 is 0. The van der Waals surface area contributed by atoms with E-state index in [2.05, 4.69) is 19.2 Å². The van der Waals surface area contributed by atoms with E-state index >= 15 is 0 Å². The predicted octanol–water partition coefficient (Wildman–Crippen LogP) is 3.73. The van der Waals surface area contributed by atoms with Crippen LogP contribution in [0.25, 0.3) is 0 Å². The molecule has 3 rings (SSSR count). The van der Waals surface area contributed by atoms with Crippen molar-refractivity contribution in [3.63, 3.8) is 0 Å². The van der Waals surface area contributed by atoms with Crippen molar-refractivity contribution in [2.24, 2.45) is 5.92 Å². The van der Waals surface area contributed by atoms with Gasteiger partial charge in [-0.2, -0.15) is 0 Å². The molecular weight excluding hydrogens is 370 g/mol. The molecule has 0 radical (unpaired) electrons. The second-order valence-corrected chi connectivity index (χ2v) is 7.45. The average Bonchev–Trinajstić information content (AvgIpc) is 2.71. The lowest BCUT2D eigenvalue weighted by Crippen LogP contribution is -2.33. The SMILES string of the molecule is COc1ccc(C(C)=O)cc1CC(=O)NC(c1ccc2c(c1)OCCO2)C(C)C. The standard InChI is InChI=1S/C23H27NO5/c1-14(2)23(17-6-8-20-21(12-17)29-10-9-28-20)24-22(26)13-18-11-16(15(3)25)5-7-19(18)27-4/h5-8,11-12,14,23H,9-10,13H2,1-4H3,(H,24,26). The van der Waals surface area contributed by atoms with Gasteiger partial charge in [-0.05, 0) is 48.7 Å². The summed E-state index contributed by atoms with van der Waals surface area (Å²) in [6, 6.07) is 10.7. The van der Waals surface area contributed by atoms with E-state index in [1.807, 2.05) is 18.2 Å². The van der Waals surface area contributed by atoms with Crippen molar-refractivity contribution in [3.8, 4) is 17.2 Å². The number of carbonyl (C=O) groups excluding carboxylic acids is 2. The highest BCUT2D eigenvalue weighted by Gasteiger charge is 2.22. The smallest absolute Gasteiger partial charge is 0.225 e. The molecule has 0 aliphatic carbocycles. The molecule has 1 atom stereocenters. The van der Waals surface area contributed by atoms with E-state index in [9.17, 15) is 9.59 Å². The fourth-order valence-electron chi connectivity index (χ4n) is 3.42. The summed E-state index contributed by atoms with van der Waals surface area (Å²) in [6.45, 7) is 6.67. The molecule has 0 bridgehead atoms. The normalized spacial score (nSPS) is 13.7. The zero-order valence-electron chi connectivity index (χ0n) is 17.3. The number of ketones is 1. The van der Waals surface area contributed by atoms with Gasteiger partial charge in [0.25, 0.3) is 0 Å². The van der Waals surface area contributed by atoms with Gasteiger partial charge < -0.3 is 19.5 Å². The van der Waals surface area contributed by atoms with Gasteiger partial charge in [-0.25, -0.2) is 0 Å². The highest BCUT2D eigenvalue weighted by Crippen LogP contribution is 2.34. The Kier molecular flexibility index (Phi) is 6.42. The van der Waals surface area contributed by atoms with Gasteiger partial charge in [0, 0.05) is 11.1 Å². The number of rotatable bonds is 7. The molecule has 1 unspecified atom stereocenters. The van der Waals surface area contributed by atoms with Crippen LogP contribution in [0.3, 0.4) is 0 Å². The second-order valence-electron chi connectivity index (χ2n) is 7.45. The first-order chi connectivity index (χ1) is 13.9. The van der Waals surface area contributed by atoms with Gasteiger partial charge in [-0.1, -0.05) is 19.9 Å². The third kappa shape index (κ3) is 4.88. The molecule has 6 heteroatoms. The topological polar surface area (TPSA) is 73.9 Å². The summed E-state index contributed by atoms with van der Waals surface area (Å²) in [5.74, 6) is 1.99. The molecule has 29 heavy (non-hydrogen) atoms. The molecule has 0 saturated heterocycles. The van der Waals surface area contributed by atoms with Crippen LogP contribution in [0.4, 0.5) is 0 Å². The largest absolute Gasteiger partial charge is 0.496 e. The van der Waals surface area contributed by atoms with Gasteiger partial charge in [0.2, 0.25) is 5.91 Å². The van der Waals surface area contributed by atoms with Crippen molar-refractivity contribution < 1.29 is 23.8 Å². The number of Topliss-reactive ketones (excluding diaryl/α,β-unsaturated/α-hetero) is 1. The number of amides is 1. The minimum atomic E-state index is -0.180. The van der Waals surface area contributed by atoms with Crippen LogP contribution >= 0.6 is 0 Å². The molecule has 1 aliphatic heterocycles. The number of nitrogens with one attached hydrogen (secondary N) is 1. The van der Waals surface area contributed by atoms with Crippen LogP contribution in [0.5, 0.6) is 17.2 Å². The predicted molar refractivity (Wildman–Crippen MR) is 110 cm³/mol. The van der Waals surface area contributed by atoms with E-state index in [1.165, 1.54) is 6.92 Å². The lowest BCUT2D eigenvalue weighted by molar-refractivity contribution is -0.121. The summed E-state index contributed by atoms with van der Waals surface area (Å²) < 4.78 is 16.6. The number of fused-ring (bicyclic) bond motifs is 1. The van der Waals surface area contributed by atoms with Crippen LogP contribution in [0.2, 0.25) is 0 Å². The summed E-state index contributed by atoms with van der Waals surface area (Å²) in [4.78, 5) is 24.5. The Morgan fingerprint density at radius 3 is 2.45 bits per heavy atom. The molecule has 0 spiro atoms. The summed E-state index contributed by atoms with van der Waals surface area (Å²) in [5, 5.41) is 3.11. The highest BCUT2D eigenvalue weighted by atomic mass is 16.6. The van der Waals surface area contributed by atoms with Crippen molar-refractivity contribution in [2.75, 3.05) is 20.3 Å². The number of benzene rings is 2. The minimum Gasteiger partial charge on any atom is -0.496 e. The molecule has 1 amide bonds. The van der Waals surface area contributed by atoms with Gasteiger partial charge in [-0.15, -0.1) is 0 Å². The number of carbonyl (C=O) groups is 2. The van der Waals surface area contributed by atoms with E-state index in [0.29, 0.717) is 35.8 Å². The van der Waals surface area contributed by atoms with Gasteiger partial charge in [0.1, 0.15) is 19.0 Å². The molecule has 154 valence electrons. The monoisotopic (exact) mass is 397 g/mol. The first-order valence-corrected chi connectivity index (χ1v) is 9.75. The molecule has 6 nitrogen and oxygen atoms in total. The summed E-state index contributed by atoms with van der Waals surface area (Å²) in [6.07, 6.45) is 0.123. The minimum absolute atomic E-state index is 0.0503. The van der Waals surface area contributed by atoms with Gasteiger partial charge in [-0.3, -0.25) is 9.59 Å². The number of hydrogen-bond donors (Lipinski definition) is 1. The van der Waals surface area contributed by atoms with Crippen molar-refractivity contribution in [1.29, 1.82) is 0 Å². The molecule has 0 saturated carbocycles. The van der Waals surface area contributed by atoms with Crippen molar-refractivity contribution in [3.05, 3.63) is 53.1 Å². The maximum absolute atomic E-state index is 12.8. The van der Waals surface area contributed by atoms with Gasteiger partial charge >= 0.3 is 0 Å². The Morgan fingerprint density at radius 1 is 1.07 bits per heavy atom. The highest BCUT2D eigenvalue weighted by molar-refractivity contribution is 5.94. The number of hydrogen-bond acceptors (Lipinski definition) is 5. The fourth-order valence-corrected chi connectivity index (χ4v) is 3.42. The second kappa shape index (κ2) is 8.99. The van der Waals surface area contributed by atoms with Crippen LogP contribution in [0.15, 0.2) is 36.4 Å². The third-order valence-electron chi connectivity index (χ3n) is 4.95. The molecule has 1 aliphatic rings. The molecule has 1 N–H and O–H groups in total. The van der Waals surface area contributed by atoms with E-state index in [-0.39, 0.29) is 30.1 Å². The van der Waals surface area contributed by atoms with E-state index < -0.39 is 0 Å². The number of ether oxygens (including phenoxy) is 3. The Morgan fingerprint density at radius 2 is 1.79 bits per heavy atom. The quantitative estimate of drug-likeness (QED) is 0.721. The van der Waals surface area contributed by atoms with E-state index in [1.54, 1.807) is 25.3 Å². The zero-order valence-corrected chi connectivity index (χ0v) is 17.3. The molecule has 2 aromatic carbocycles. The number of methoxy groups -OCH3 is 1. The summed E-state index contributed by atoms with van der Waals surface area (Å²) in [5.41, 5.74) is 2.20. The lowest BCUT2D eigenvalue weighted by atomic mass is 9.95. The molecular formula is C23H27NO5. The summed E-state index contributed by atoms with van der Waals surface area (Å²) in [7, 11) is 1.55. The molecule has 0 aromatic heterocycles. The maximum atomic E-state index is 12.8.